The number of aromatic nitrogens is 6. The van der Waals surface area contributed by atoms with Crippen molar-refractivity contribution in [3.8, 4) is 0 Å². The van der Waals surface area contributed by atoms with Crippen LogP contribution in [-0.4, -0.2) is 36.9 Å². The minimum atomic E-state index is 0.507. The van der Waals surface area contributed by atoms with Gasteiger partial charge in [-0.05, 0) is 11.3 Å². The van der Waals surface area contributed by atoms with Gasteiger partial charge in [0, 0.05) is 18.9 Å². The zero-order valence-corrected chi connectivity index (χ0v) is 6.88. The fourth-order valence-corrected chi connectivity index (χ4v) is 0.952. The van der Waals surface area contributed by atoms with Gasteiger partial charge in [0.25, 0.3) is 5.95 Å². The van der Waals surface area contributed by atoms with Gasteiger partial charge in [-0.15, -0.1) is 5.10 Å². The minimum absolute atomic E-state index is 0.507. The van der Waals surface area contributed by atoms with Gasteiger partial charge in [-0.3, -0.25) is 4.68 Å². The normalized spacial score (nSPS) is 10.2. The van der Waals surface area contributed by atoms with E-state index in [-0.39, 0.29) is 0 Å². The van der Waals surface area contributed by atoms with Gasteiger partial charge in [0.1, 0.15) is 0 Å². The maximum atomic E-state index is 4.05. The van der Waals surface area contributed by atoms with Crippen molar-refractivity contribution in [3.63, 3.8) is 0 Å². The lowest BCUT2D eigenvalue weighted by Gasteiger charge is -2.00. The van der Waals surface area contributed by atoms with Crippen LogP contribution in [-0.2, 0) is 6.54 Å². The second-order valence-electron chi connectivity index (χ2n) is 2.43. The molecule has 0 aliphatic rings. The molecule has 7 heteroatoms. The quantitative estimate of drug-likeness (QED) is 0.661. The van der Waals surface area contributed by atoms with E-state index in [9.17, 15) is 0 Å². The summed E-state index contributed by atoms with van der Waals surface area (Å²) < 4.78 is 1.83. The Morgan fingerprint density at radius 1 is 1.54 bits per heavy atom. The summed E-state index contributed by atoms with van der Waals surface area (Å²) in [5.74, 6) is 0.507. The van der Waals surface area contributed by atoms with E-state index in [0.717, 1.165) is 13.1 Å². The van der Waals surface area contributed by atoms with Crippen LogP contribution in [0, 0.1) is 0 Å². The van der Waals surface area contributed by atoms with Crippen molar-refractivity contribution in [1.82, 2.24) is 30.4 Å². The van der Waals surface area contributed by atoms with Crippen LogP contribution < -0.4 is 5.32 Å². The number of nitrogens with zero attached hydrogens (tertiary/aromatic N) is 5. The number of nitrogens with one attached hydrogen (secondary N) is 2. The van der Waals surface area contributed by atoms with Gasteiger partial charge in [-0.25, -0.2) is 0 Å². The number of hydrogen-bond acceptors (Lipinski definition) is 5. The fourth-order valence-electron chi connectivity index (χ4n) is 0.952. The van der Waals surface area contributed by atoms with Gasteiger partial charge in [-0.2, -0.15) is 10.3 Å². The Labute approximate surface area is 74.1 Å². The van der Waals surface area contributed by atoms with Gasteiger partial charge in [0.2, 0.25) is 0 Å². The summed E-state index contributed by atoms with van der Waals surface area (Å²) in [6.45, 7) is 1.50. The van der Waals surface area contributed by atoms with Crippen molar-refractivity contribution in [3.05, 3.63) is 18.5 Å². The number of tetrazole rings is 1. The number of aromatic amines is 1. The van der Waals surface area contributed by atoms with E-state index >= 15 is 0 Å². The molecule has 2 N–H and O–H groups in total. The van der Waals surface area contributed by atoms with E-state index in [1.807, 2.05) is 16.9 Å². The van der Waals surface area contributed by atoms with Crippen LogP contribution in [0.5, 0.6) is 0 Å². The van der Waals surface area contributed by atoms with E-state index in [4.69, 9.17) is 0 Å². The molecule has 0 unspecified atom stereocenters. The van der Waals surface area contributed by atoms with Crippen molar-refractivity contribution >= 4 is 5.95 Å². The van der Waals surface area contributed by atoms with Crippen molar-refractivity contribution < 1.29 is 0 Å². The average Bonchev–Trinajstić information content (AvgIpc) is 2.75. The zero-order valence-electron chi connectivity index (χ0n) is 6.88. The Kier molecular flexibility index (Phi) is 2.17. The molecule has 2 aromatic heterocycles. The molecule has 7 nitrogen and oxygen atoms in total. The highest BCUT2D eigenvalue weighted by Crippen LogP contribution is 1.90. The Morgan fingerprint density at radius 2 is 2.54 bits per heavy atom. The molecule has 0 aromatic carbocycles. The van der Waals surface area contributed by atoms with Crippen LogP contribution in [0.3, 0.4) is 0 Å². The summed E-state index contributed by atoms with van der Waals surface area (Å²) in [6.07, 6.45) is 3.65. The maximum absolute atomic E-state index is 4.05. The van der Waals surface area contributed by atoms with Crippen LogP contribution in [0.2, 0.25) is 0 Å². The second-order valence-corrected chi connectivity index (χ2v) is 2.43. The Balaban J connectivity index is 1.76. The minimum Gasteiger partial charge on any atom is -0.350 e. The first kappa shape index (κ1) is 7.71. The largest absolute Gasteiger partial charge is 0.350 e. The number of rotatable bonds is 4. The summed E-state index contributed by atoms with van der Waals surface area (Å²) in [7, 11) is 0. The van der Waals surface area contributed by atoms with Gasteiger partial charge >= 0.3 is 0 Å². The maximum Gasteiger partial charge on any atom is 0.263 e. The molecule has 0 atom stereocenters. The molecule has 0 amide bonds. The van der Waals surface area contributed by atoms with Gasteiger partial charge in [-0.1, -0.05) is 5.10 Å². The molecule has 68 valence electrons. The molecule has 0 saturated carbocycles. The van der Waals surface area contributed by atoms with Crippen molar-refractivity contribution in [2.45, 2.75) is 6.54 Å². The van der Waals surface area contributed by atoms with Crippen LogP contribution in [0.1, 0.15) is 0 Å². The number of anilines is 1. The Morgan fingerprint density at radius 3 is 3.23 bits per heavy atom. The highest BCUT2D eigenvalue weighted by Gasteiger charge is 1.95. The first-order valence-electron chi connectivity index (χ1n) is 3.90. The Hall–Kier alpha value is -1.92. The van der Waals surface area contributed by atoms with E-state index in [1.54, 1.807) is 6.20 Å². The Bertz CT molecular complexity index is 290. The summed E-state index contributed by atoms with van der Waals surface area (Å²) in [5, 5.41) is 20.3. The molecular weight excluding hydrogens is 170 g/mol. The second kappa shape index (κ2) is 3.65. The smallest absolute Gasteiger partial charge is 0.263 e. The molecule has 0 spiro atoms. The monoisotopic (exact) mass is 179 g/mol. The molecule has 0 fully saturated rings. The third kappa shape index (κ3) is 2.01. The van der Waals surface area contributed by atoms with Crippen molar-refractivity contribution in [2.24, 2.45) is 0 Å². The molecule has 13 heavy (non-hydrogen) atoms. The molecule has 0 bridgehead atoms. The first-order valence-corrected chi connectivity index (χ1v) is 3.90. The summed E-state index contributed by atoms with van der Waals surface area (Å²) in [5.41, 5.74) is 0. The van der Waals surface area contributed by atoms with Crippen LogP contribution >= 0.6 is 0 Å². The summed E-state index contributed by atoms with van der Waals surface area (Å²) >= 11 is 0. The first-order chi connectivity index (χ1) is 6.45. The van der Waals surface area contributed by atoms with E-state index < -0.39 is 0 Å². The molecule has 0 saturated heterocycles. The number of hydrogen-bond donors (Lipinski definition) is 2. The third-order valence-corrected chi connectivity index (χ3v) is 1.53. The topological polar surface area (TPSA) is 84.3 Å². The molecule has 2 heterocycles. The summed E-state index contributed by atoms with van der Waals surface area (Å²) in [4.78, 5) is 0. The van der Waals surface area contributed by atoms with Gasteiger partial charge in [0.05, 0.1) is 6.54 Å². The molecule has 0 aliphatic heterocycles. The van der Waals surface area contributed by atoms with E-state index in [2.05, 4.69) is 31.0 Å². The van der Waals surface area contributed by atoms with Gasteiger partial charge < -0.3 is 5.32 Å². The molecular formula is C6H9N7. The summed E-state index contributed by atoms with van der Waals surface area (Å²) in [6, 6.07) is 1.88. The van der Waals surface area contributed by atoms with Crippen LogP contribution in [0.4, 0.5) is 5.95 Å². The highest BCUT2D eigenvalue weighted by molar-refractivity contribution is 5.17. The predicted octanol–water partition coefficient (Wildman–Crippen LogP) is -0.492. The van der Waals surface area contributed by atoms with Crippen molar-refractivity contribution in [2.75, 3.05) is 11.9 Å². The lowest BCUT2D eigenvalue weighted by Crippen LogP contribution is -2.11. The van der Waals surface area contributed by atoms with Gasteiger partial charge in [0.15, 0.2) is 0 Å². The standard InChI is InChI=1S/C6H9N7/c1-2-8-13(4-1)5-3-7-6-9-11-12-10-6/h1-2,4H,3,5H2,(H2,7,9,10,11,12). The van der Waals surface area contributed by atoms with E-state index in [1.165, 1.54) is 0 Å². The molecule has 0 aliphatic carbocycles. The number of H-pyrrole nitrogens is 1. The van der Waals surface area contributed by atoms with Crippen LogP contribution in [0.25, 0.3) is 0 Å². The average molecular weight is 179 g/mol. The zero-order chi connectivity index (χ0) is 8.93. The van der Waals surface area contributed by atoms with E-state index in [0.29, 0.717) is 5.95 Å². The lowest BCUT2D eigenvalue weighted by molar-refractivity contribution is 0.636. The molecule has 2 rings (SSSR count). The SMILES string of the molecule is c1cnn(CCNc2nn[nH]n2)c1. The fraction of sp³-hybridized carbons (Fsp3) is 0.333. The van der Waals surface area contributed by atoms with Crippen LogP contribution in [0.15, 0.2) is 18.5 Å². The molecule has 0 radical (unpaired) electrons. The van der Waals surface area contributed by atoms with Crippen molar-refractivity contribution in [1.29, 1.82) is 0 Å². The third-order valence-electron chi connectivity index (χ3n) is 1.53. The lowest BCUT2D eigenvalue weighted by atomic mass is 10.6. The molecule has 2 aromatic rings. The highest BCUT2D eigenvalue weighted by atomic mass is 15.5. The predicted molar refractivity (Wildman–Crippen MR) is 44.9 cm³/mol.